The van der Waals surface area contributed by atoms with Gasteiger partial charge >= 0.3 is 18.2 Å². The van der Waals surface area contributed by atoms with Gasteiger partial charge in [0.1, 0.15) is 17.1 Å². The number of esters is 1. The molecule has 0 aliphatic carbocycles. The molecule has 45 heavy (non-hydrogen) atoms. The van der Waals surface area contributed by atoms with E-state index in [0.29, 0.717) is 31.5 Å². The van der Waals surface area contributed by atoms with Crippen molar-refractivity contribution in [3.63, 3.8) is 0 Å². The molecule has 3 aromatic carbocycles. The number of hydrogen-bond acceptors (Lipinski definition) is 6. The first-order valence-electron chi connectivity index (χ1n) is 14.5. The number of para-hydroxylation sites is 1. The molecule has 2 amide bonds. The summed E-state index contributed by atoms with van der Waals surface area (Å²) in [7, 11) is 1.17. The van der Waals surface area contributed by atoms with Crippen LogP contribution in [0.2, 0.25) is 0 Å². The van der Waals surface area contributed by atoms with Crippen LogP contribution in [0, 0.1) is 13.8 Å². The van der Waals surface area contributed by atoms with Gasteiger partial charge in [0.25, 0.3) is 5.91 Å². The fourth-order valence-corrected chi connectivity index (χ4v) is 5.10. The lowest BCUT2D eigenvalue weighted by Crippen LogP contribution is -2.50. The van der Waals surface area contributed by atoms with Gasteiger partial charge in [-0.1, -0.05) is 18.2 Å². The van der Waals surface area contributed by atoms with Crippen LogP contribution in [0.3, 0.4) is 0 Å². The van der Waals surface area contributed by atoms with E-state index in [1.54, 1.807) is 37.8 Å². The first-order chi connectivity index (χ1) is 21.1. The molecule has 1 aliphatic rings. The number of piperidine rings is 1. The smallest absolute Gasteiger partial charge is 0.419 e. The lowest BCUT2D eigenvalue weighted by atomic mass is 9.98. The zero-order valence-electron chi connectivity index (χ0n) is 26.2. The summed E-state index contributed by atoms with van der Waals surface area (Å²) >= 11 is 0. The maximum Gasteiger partial charge on any atom is 0.419 e. The van der Waals surface area contributed by atoms with Crippen molar-refractivity contribution in [2.75, 3.05) is 25.1 Å². The number of ether oxygens (including phenoxy) is 3. The summed E-state index contributed by atoms with van der Waals surface area (Å²) in [6.45, 7) is 9.78. The third-order valence-corrected chi connectivity index (χ3v) is 7.51. The number of carbonyl (C=O) groups is 3. The zero-order valence-corrected chi connectivity index (χ0v) is 26.2. The van der Waals surface area contributed by atoms with Crippen molar-refractivity contribution in [2.24, 2.45) is 0 Å². The van der Waals surface area contributed by atoms with Crippen molar-refractivity contribution in [1.29, 1.82) is 0 Å². The predicted octanol–water partition coefficient (Wildman–Crippen LogP) is 7.95. The number of halogens is 3. The molecule has 0 saturated carbocycles. The Balaban J connectivity index is 1.75. The van der Waals surface area contributed by atoms with Crippen molar-refractivity contribution in [1.82, 2.24) is 4.90 Å². The first-order valence-corrected chi connectivity index (χ1v) is 14.5. The number of aryl methyl sites for hydroxylation is 2. The van der Waals surface area contributed by atoms with Crippen molar-refractivity contribution in [2.45, 2.75) is 65.3 Å². The van der Waals surface area contributed by atoms with Crippen LogP contribution in [0.25, 0.3) is 0 Å². The summed E-state index contributed by atoms with van der Waals surface area (Å²) in [4.78, 5) is 43.1. The molecule has 3 aromatic rings. The summed E-state index contributed by atoms with van der Waals surface area (Å²) < 4.78 is 57.0. The van der Waals surface area contributed by atoms with Crippen LogP contribution in [0.15, 0.2) is 60.7 Å². The number of likely N-dealkylation sites (tertiary alicyclic amines) is 1. The molecule has 0 unspecified atom stereocenters. The highest BCUT2D eigenvalue weighted by molar-refractivity contribution is 6.10. The molecule has 1 heterocycles. The highest BCUT2D eigenvalue weighted by Gasteiger charge is 2.36. The summed E-state index contributed by atoms with van der Waals surface area (Å²) in [5.74, 6) is -1.67. The van der Waals surface area contributed by atoms with Gasteiger partial charge in [0.15, 0.2) is 0 Å². The van der Waals surface area contributed by atoms with E-state index in [4.69, 9.17) is 14.2 Å². The second kappa shape index (κ2) is 13.2. The second-order valence-electron chi connectivity index (χ2n) is 11.9. The lowest BCUT2D eigenvalue weighted by molar-refractivity contribution is -0.138. The quantitative estimate of drug-likeness (QED) is 0.258. The molecule has 1 fully saturated rings. The normalized spacial score (nSPS) is 14.1. The van der Waals surface area contributed by atoms with E-state index in [0.717, 1.165) is 17.2 Å². The first kappa shape index (κ1) is 33.4. The van der Waals surface area contributed by atoms with Crippen molar-refractivity contribution >= 4 is 23.7 Å². The van der Waals surface area contributed by atoms with Gasteiger partial charge in [-0.3, -0.25) is 4.79 Å². The monoisotopic (exact) mass is 626 g/mol. The Kier molecular flexibility index (Phi) is 9.79. The summed E-state index contributed by atoms with van der Waals surface area (Å²) in [5.41, 5.74) is 0.794. The Bertz CT molecular complexity index is 1570. The van der Waals surface area contributed by atoms with Gasteiger partial charge in [0, 0.05) is 24.7 Å². The molecule has 8 nitrogen and oxygen atoms in total. The number of carbonyl (C=O) groups excluding carboxylic acids is 3. The highest BCUT2D eigenvalue weighted by atomic mass is 19.4. The van der Waals surface area contributed by atoms with Crippen molar-refractivity contribution < 1.29 is 41.8 Å². The van der Waals surface area contributed by atoms with Gasteiger partial charge in [-0.05, 0) is 101 Å². The molecule has 0 spiro atoms. The number of nitrogens with zero attached hydrogens (tertiary/aromatic N) is 2. The minimum Gasteiger partial charge on any atom is -0.465 e. The van der Waals surface area contributed by atoms with Crippen LogP contribution in [0.4, 0.5) is 23.7 Å². The minimum atomic E-state index is -4.66. The van der Waals surface area contributed by atoms with Gasteiger partial charge in [0.2, 0.25) is 0 Å². The summed E-state index contributed by atoms with van der Waals surface area (Å²) in [6, 6.07) is 13.8. The topological polar surface area (TPSA) is 85.4 Å². The number of alkyl halides is 3. The molecule has 0 bridgehead atoms. The average molecular weight is 627 g/mol. The molecular formula is C34H37F3N2O6. The van der Waals surface area contributed by atoms with Crippen LogP contribution in [-0.4, -0.2) is 54.7 Å². The van der Waals surface area contributed by atoms with E-state index >= 15 is 0 Å². The van der Waals surface area contributed by atoms with Crippen LogP contribution >= 0.6 is 0 Å². The molecule has 0 aromatic heterocycles. The molecule has 4 rings (SSSR count). The molecule has 0 radical (unpaired) electrons. The molecule has 0 atom stereocenters. The van der Waals surface area contributed by atoms with Gasteiger partial charge in [-0.2, -0.15) is 13.2 Å². The maximum atomic E-state index is 14.2. The number of methoxy groups -OCH3 is 1. The number of anilines is 1. The molecule has 240 valence electrons. The van der Waals surface area contributed by atoms with Crippen LogP contribution in [0.5, 0.6) is 11.5 Å². The van der Waals surface area contributed by atoms with Crippen molar-refractivity contribution in [3.05, 3.63) is 88.5 Å². The highest BCUT2D eigenvalue weighted by Crippen LogP contribution is 2.39. The molecule has 1 saturated heterocycles. The second-order valence-corrected chi connectivity index (χ2v) is 11.9. The standard InChI is InChI=1S/C34H37F3N2O6/c1-21-11-12-23(19-22(21)2)30(40)39(24-15-17-38(18-16-24)32(42)45-33(3,4)5)28-14-13-25(20-26(28)31(41)43-6)44-29-10-8-7-9-27(29)34(35,36)37/h7-14,19-20,24H,15-18H2,1-6H3. The van der Waals surface area contributed by atoms with Gasteiger partial charge < -0.3 is 24.0 Å². The Labute approximate surface area is 260 Å². The van der Waals surface area contributed by atoms with Crippen LogP contribution in [-0.2, 0) is 15.7 Å². The Morgan fingerprint density at radius 3 is 2.16 bits per heavy atom. The van der Waals surface area contributed by atoms with E-state index in [9.17, 15) is 27.6 Å². The Morgan fingerprint density at radius 2 is 1.56 bits per heavy atom. The van der Waals surface area contributed by atoms with E-state index in [1.165, 1.54) is 48.4 Å². The number of amides is 2. The Morgan fingerprint density at radius 1 is 0.889 bits per heavy atom. The van der Waals surface area contributed by atoms with Crippen LogP contribution in [0.1, 0.15) is 71.0 Å². The van der Waals surface area contributed by atoms with E-state index < -0.39 is 41.2 Å². The zero-order chi connectivity index (χ0) is 33.1. The molecule has 11 heteroatoms. The molecular weight excluding hydrogens is 589 g/mol. The summed E-state index contributed by atoms with van der Waals surface area (Å²) in [5, 5.41) is 0. The van der Waals surface area contributed by atoms with E-state index in [1.807, 2.05) is 19.9 Å². The largest absolute Gasteiger partial charge is 0.465 e. The molecule has 1 aliphatic heterocycles. The predicted molar refractivity (Wildman–Crippen MR) is 163 cm³/mol. The number of rotatable bonds is 6. The third-order valence-electron chi connectivity index (χ3n) is 7.51. The molecule has 0 N–H and O–H groups in total. The Hall–Kier alpha value is -4.54. The fourth-order valence-electron chi connectivity index (χ4n) is 5.10. The fraction of sp³-hybridized carbons (Fsp3) is 0.382. The third kappa shape index (κ3) is 7.95. The minimum absolute atomic E-state index is 0.0471. The van der Waals surface area contributed by atoms with E-state index in [2.05, 4.69) is 0 Å². The van der Waals surface area contributed by atoms with Gasteiger partial charge in [0.05, 0.1) is 23.9 Å². The number of hydrogen-bond donors (Lipinski definition) is 0. The summed E-state index contributed by atoms with van der Waals surface area (Å²) in [6.07, 6.45) is -4.35. The lowest BCUT2D eigenvalue weighted by Gasteiger charge is -2.39. The van der Waals surface area contributed by atoms with Gasteiger partial charge in [-0.25, -0.2) is 9.59 Å². The number of benzene rings is 3. The van der Waals surface area contributed by atoms with Crippen LogP contribution < -0.4 is 9.64 Å². The van der Waals surface area contributed by atoms with E-state index in [-0.39, 0.29) is 22.9 Å². The van der Waals surface area contributed by atoms with Crippen molar-refractivity contribution in [3.8, 4) is 11.5 Å². The average Bonchev–Trinajstić information content (AvgIpc) is 2.98. The van der Waals surface area contributed by atoms with Gasteiger partial charge in [-0.15, -0.1) is 0 Å². The SMILES string of the molecule is COC(=O)c1cc(Oc2ccccc2C(F)(F)F)ccc1N(C(=O)c1ccc(C)c(C)c1)C1CCN(C(=O)OC(C)(C)C)CC1. The maximum absolute atomic E-state index is 14.2.